The molecule has 4 aromatic rings. The van der Waals surface area contributed by atoms with E-state index >= 15 is 0 Å². The van der Waals surface area contributed by atoms with Gasteiger partial charge in [-0.1, -0.05) is 65.8 Å². The number of ether oxygens (including phenoxy) is 2. The summed E-state index contributed by atoms with van der Waals surface area (Å²) in [5, 5.41) is 22.1. The molecule has 2 fully saturated rings. The number of thiazole rings is 1. The van der Waals surface area contributed by atoms with Crippen molar-refractivity contribution >= 4 is 46.1 Å². The maximum atomic E-state index is 13.8. The topological polar surface area (TPSA) is 214 Å². The number of oxime groups is 1. The second-order valence-corrected chi connectivity index (χ2v) is 13.8. The summed E-state index contributed by atoms with van der Waals surface area (Å²) in [6.45, 7) is 5.52. The summed E-state index contributed by atoms with van der Waals surface area (Å²) in [6, 6.07) is 17.1. The summed E-state index contributed by atoms with van der Waals surface area (Å²) in [5.74, 6) is -1.89. The van der Waals surface area contributed by atoms with Crippen LogP contribution in [0.25, 0.3) is 0 Å². The highest BCUT2D eigenvalue weighted by atomic mass is 32.1. The number of hydrogen-bond acceptors (Lipinski definition) is 13. The minimum atomic E-state index is -1.45. The van der Waals surface area contributed by atoms with Crippen LogP contribution in [0, 0.1) is 0 Å². The average molecular weight is 716 g/mol. The van der Waals surface area contributed by atoms with Crippen molar-refractivity contribution in [2.75, 3.05) is 5.32 Å². The van der Waals surface area contributed by atoms with Gasteiger partial charge in [0.1, 0.15) is 17.3 Å². The number of carbonyl (C=O) groups is 4. The van der Waals surface area contributed by atoms with Gasteiger partial charge in [-0.2, -0.15) is 15.0 Å². The smallest absolute Gasteiger partial charge is 0.413 e. The lowest BCUT2D eigenvalue weighted by Crippen LogP contribution is -2.70. The maximum absolute atomic E-state index is 13.8. The highest BCUT2D eigenvalue weighted by Crippen LogP contribution is 2.43. The number of esters is 1. The van der Waals surface area contributed by atoms with E-state index in [1.807, 2.05) is 60.7 Å². The zero-order valence-electron chi connectivity index (χ0n) is 28.1. The molecule has 0 bridgehead atoms. The molecule has 3 heterocycles. The van der Waals surface area contributed by atoms with Crippen molar-refractivity contribution in [1.82, 2.24) is 30.6 Å². The fourth-order valence-electron chi connectivity index (χ4n) is 5.07. The maximum Gasteiger partial charge on any atom is 0.413 e. The first-order chi connectivity index (χ1) is 24.4. The third-order valence-electron chi connectivity index (χ3n) is 7.84. The average Bonchev–Trinajstić information content (AvgIpc) is 3.52. The zero-order chi connectivity index (χ0) is 36.2. The number of nitrogens with two attached hydrogens (primary N) is 1. The fourth-order valence-corrected chi connectivity index (χ4v) is 5.75. The number of anilines is 1. The van der Waals surface area contributed by atoms with Gasteiger partial charge in [-0.15, -0.1) is 11.3 Å². The Morgan fingerprint density at radius 1 is 1.10 bits per heavy atom. The van der Waals surface area contributed by atoms with Gasteiger partial charge in [0.2, 0.25) is 11.5 Å². The van der Waals surface area contributed by atoms with E-state index in [-0.39, 0.29) is 42.5 Å². The van der Waals surface area contributed by atoms with Crippen LogP contribution in [0.2, 0.25) is 0 Å². The highest BCUT2D eigenvalue weighted by Gasteiger charge is 2.56. The monoisotopic (exact) mass is 715 g/mol. The van der Waals surface area contributed by atoms with E-state index in [0.29, 0.717) is 5.69 Å². The van der Waals surface area contributed by atoms with Crippen molar-refractivity contribution in [2.24, 2.45) is 10.9 Å². The van der Waals surface area contributed by atoms with Crippen molar-refractivity contribution in [2.45, 2.75) is 76.1 Å². The summed E-state index contributed by atoms with van der Waals surface area (Å²) in [7, 11) is 0. The first kappa shape index (κ1) is 35.2. The van der Waals surface area contributed by atoms with E-state index in [1.165, 1.54) is 16.4 Å². The molecule has 0 spiro atoms. The first-order valence-corrected chi connectivity index (χ1v) is 17.0. The van der Waals surface area contributed by atoms with Gasteiger partial charge in [-0.3, -0.25) is 14.9 Å². The van der Waals surface area contributed by atoms with Crippen LogP contribution in [0.1, 0.15) is 62.2 Å². The van der Waals surface area contributed by atoms with Crippen LogP contribution in [0.5, 0.6) is 0 Å². The lowest BCUT2D eigenvalue weighted by molar-refractivity contribution is -0.164. The molecule has 2 aromatic carbocycles. The second kappa shape index (κ2) is 14.7. The number of β-lactam (4-membered cyclic amide) rings is 1. The van der Waals surface area contributed by atoms with Crippen molar-refractivity contribution in [3.8, 4) is 0 Å². The van der Waals surface area contributed by atoms with Gasteiger partial charge < -0.3 is 30.7 Å². The van der Waals surface area contributed by atoms with Crippen molar-refractivity contribution < 1.29 is 33.5 Å². The molecule has 17 heteroatoms. The zero-order valence-corrected chi connectivity index (χ0v) is 28.9. The minimum absolute atomic E-state index is 0.0248. The molecular formula is C34H37N9O7S. The van der Waals surface area contributed by atoms with Gasteiger partial charge in [-0.05, 0) is 31.9 Å². The lowest BCUT2D eigenvalue weighted by Gasteiger charge is -2.36. The number of benzene rings is 2. The number of nitrogens with zero attached hydrogens (tertiary/aromatic N) is 5. The number of carbonyl (C=O) groups excluding carboxylic acids is 4. The standard InChI is InChI=1S/C34H37N9O7S/c1-33(2,3)49-32(47)40-31-38-24(19-51-31)26(29(45)39-25-23(37-28(25)44)18-43-36-17-22(16-35)41-43)42-50-34(14-15-34)30(46)48-27(20-10-6-4-7-11-20)21-12-8-5-9-13-21/h4-13,17,19,23,25,27H,14-16,18,35H2,1-3H3,(H,37,44)(H,39,45)(H,38,40,47)/b42-26+/t23-,25+/m1/s1. The van der Waals surface area contributed by atoms with Crippen LogP contribution in [0.15, 0.2) is 77.4 Å². The fraction of sp³-hybridized carbons (Fsp3) is 0.353. The van der Waals surface area contributed by atoms with Crippen LogP contribution in [-0.4, -0.2) is 72.9 Å². The predicted octanol–water partition coefficient (Wildman–Crippen LogP) is 2.81. The van der Waals surface area contributed by atoms with E-state index in [9.17, 15) is 19.2 Å². The molecule has 1 aliphatic heterocycles. The molecule has 1 aliphatic carbocycles. The Balaban J connectivity index is 1.22. The first-order valence-electron chi connectivity index (χ1n) is 16.2. The Kier molecular flexibility index (Phi) is 10.1. The van der Waals surface area contributed by atoms with Crippen molar-refractivity contribution in [3.05, 3.63) is 94.8 Å². The van der Waals surface area contributed by atoms with Gasteiger partial charge in [0.05, 0.1) is 24.5 Å². The van der Waals surface area contributed by atoms with E-state index in [2.05, 4.69) is 36.3 Å². The Hall–Kier alpha value is -5.68. The molecule has 51 heavy (non-hydrogen) atoms. The Morgan fingerprint density at radius 2 is 1.76 bits per heavy atom. The molecule has 6 rings (SSSR count). The third-order valence-corrected chi connectivity index (χ3v) is 8.60. The Bertz CT molecular complexity index is 1880. The molecule has 2 aromatic heterocycles. The Morgan fingerprint density at radius 3 is 2.33 bits per heavy atom. The molecular weight excluding hydrogens is 678 g/mol. The summed E-state index contributed by atoms with van der Waals surface area (Å²) in [5.41, 5.74) is 5.21. The van der Waals surface area contributed by atoms with Gasteiger partial charge in [-0.25, -0.2) is 14.6 Å². The van der Waals surface area contributed by atoms with Gasteiger partial charge in [0, 0.05) is 24.8 Å². The lowest BCUT2D eigenvalue weighted by atomic mass is 9.98. The second-order valence-electron chi connectivity index (χ2n) is 13.0. The number of rotatable bonds is 13. The molecule has 3 amide bonds. The van der Waals surface area contributed by atoms with Gasteiger partial charge in [0.25, 0.3) is 5.91 Å². The Labute approximate surface area is 296 Å². The number of aromatic nitrogens is 4. The van der Waals surface area contributed by atoms with Gasteiger partial charge in [0.15, 0.2) is 16.9 Å². The molecule has 0 radical (unpaired) electrons. The minimum Gasteiger partial charge on any atom is -0.450 e. The SMILES string of the molecule is CC(C)(C)OC(=O)Nc1nc(/C(=N\OC2(C(=O)OC(c3ccccc3)c3ccccc3)CC2)C(=O)N[C@@H]2C(=O)N[C@@H]2Cn2ncc(CN)n2)cs1. The van der Waals surface area contributed by atoms with E-state index in [4.69, 9.17) is 20.0 Å². The van der Waals surface area contributed by atoms with Crippen LogP contribution >= 0.6 is 11.3 Å². The molecule has 1 saturated heterocycles. The van der Waals surface area contributed by atoms with Gasteiger partial charge >= 0.3 is 12.1 Å². The largest absolute Gasteiger partial charge is 0.450 e. The quantitative estimate of drug-likeness (QED) is 0.0684. The van der Waals surface area contributed by atoms with E-state index in [1.54, 1.807) is 20.8 Å². The number of nitrogens with one attached hydrogen (secondary N) is 3. The molecule has 2 atom stereocenters. The third kappa shape index (κ3) is 8.56. The summed E-state index contributed by atoms with van der Waals surface area (Å²) in [6.07, 6.45) is 0.636. The van der Waals surface area contributed by atoms with Crippen molar-refractivity contribution in [3.63, 3.8) is 0 Å². The number of amides is 3. The van der Waals surface area contributed by atoms with Crippen LogP contribution in [0.4, 0.5) is 9.93 Å². The van der Waals surface area contributed by atoms with E-state index < -0.39 is 53.3 Å². The summed E-state index contributed by atoms with van der Waals surface area (Å²) >= 11 is 1.01. The molecule has 266 valence electrons. The van der Waals surface area contributed by atoms with E-state index in [0.717, 1.165) is 22.5 Å². The molecule has 0 unspecified atom stereocenters. The normalized spacial score (nSPS) is 17.9. The summed E-state index contributed by atoms with van der Waals surface area (Å²) < 4.78 is 11.3. The molecule has 16 nitrogen and oxygen atoms in total. The number of hydrogen-bond donors (Lipinski definition) is 4. The molecule has 1 saturated carbocycles. The summed E-state index contributed by atoms with van der Waals surface area (Å²) in [4.78, 5) is 64.0. The van der Waals surface area contributed by atoms with Crippen LogP contribution < -0.4 is 21.7 Å². The van der Waals surface area contributed by atoms with Crippen molar-refractivity contribution in [1.29, 1.82) is 0 Å². The van der Waals surface area contributed by atoms with Crippen LogP contribution in [0.3, 0.4) is 0 Å². The highest BCUT2D eigenvalue weighted by molar-refractivity contribution is 7.14. The molecule has 2 aliphatic rings. The molecule has 5 N–H and O–H groups in total. The van der Waals surface area contributed by atoms with Crippen LogP contribution in [-0.2, 0) is 41.8 Å². The predicted molar refractivity (Wildman–Crippen MR) is 184 cm³/mol.